The highest BCUT2D eigenvalue weighted by molar-refractivity contribution is 9.10. The van der Waals surface area contributed by atoms with Crippen molar-refractivity contribution in [3.05, 3.63) is 75.4 Å². The highest BCUT2D eigenvalue weighted by Gasteiger charge is 2.36. The first-order valence-corrected chi connectivity index (χ1v) is 9.20. The number of nitriles is 1. The van der Waals surface area contributed by atoms with Crippen molar-refractivity contribution in [3.8, 4) is 17.5 Å². The summed E-state index contributed by atoms with van der Waals surface area (Å²) < 4.78 is 47.8. The quantitative estimate of drug-likeness (QED) is 0.346. The predicted molar refractivity (Wildman–Crippen MR) is 104 cm³/mol. The average molecular weight is 472 g/mol. The smallest absolute Gasteiger partial charge is 0.340 e. The van der Waals surface area contributed by atoms with Crippen molar-refractivity contribution in [2.24, 2.45) is 0 Å². The number of halogens is 4. The first kappa shape index (κ1) is 19.7. The molecule has 2 heterocycles. The second kappa shape index (κ2) is 7.32. The van der Waals surface area contributed by atoms with Crippen molar-refractivity contribution in [1.82, 2.24) is 14.7 Å². The molecule has 0 saturated carbocycles. The van der Waals surface area contributed by atoms with Gasteiger partial charge in [-0.15, -0.1) is 0 Å². The van der Waals surface area contributed by atoms with Crippen molar-refractivity contribution in [2.45, 2.75) is 12.7 Å². The summed E-state index contributed by atoms with van der Waals surface area (Å²) in [5.74, 6) is 0.490. The molecule has 0 aliphatic rings. The maximum absolute atomic E-state index is 13.5. The van der Waals surface area contributed by atoms with Crippen LogP contribution in [0.3, 0.4) is 0 Å². The van der Waals surface area contributed by atoms with Crippen molar-refractivity contribution < 1.29 is 17.7 Å². The van der Waals surface area contributed by atoms with E-state index < -0.39 is 17.4 Å². The molecule has 6 nitrogen and oxygen atoms in total. The second-order valence-corrected chi connectivity index (χ2v) is 7.12. The Kier molecular flexibility index (Phi) is 4.80. The van der Waals surface area contributed by atoms with E-state index in [2.05, 4.69) is 30.9 Å². The van der Waals surface area contributed by atoms with Crippen molar-refractivity contribution in [2.75, 3.05) is 0 Å². The van der Waals surface area contributed by atoms with Crippen LogP contribution >= 0.6 is 15.9 Å². The Hall–Kier alpha value is -3.63. The molecule has 0 bridgehead atoms. The van der Waals surface area contributed by atoms with E-state index in [-0.39, 0.29) is 23.6 Å². The fraction of sp³-hybridized carbons (Fsp3) is 0.100. The second-order valence-electron chi connectivity index (χ2n) is 6.27. The fourth-order valence-electron chi connectivity index (χ4n) is 3.12. The van der Waals surface area contributed by atoms with Gasteiger partial charge in [-0.1, -0.05) is 11.2 Å². The van der Waals surface area contributed by atoms with Gasteiger partial charge in [0.05, 0.1) is 24.2 Å². The summed E-state index contributed by atoms with van der Waals surface area (Å²) >= 11 is 3.29. The third-order valence-corrected chi connectivity index (χ3v) is 5.11. The molecule has 0 amide bonds. The minimum atomic E-state index is -4.64. The molecule has 0 N–H and O–H groups in total. The average Bonchev–Trinajstić information content (AvgIpc) is 3.34. The van der Waals surface area contributed by atoms with Crippen LogP contribution in [0.1, 0.15) is 17.0 Å². The zero-order chi connectivity index (χ0) is 21.5. The lowest BCUT2D eigenvalue weighted by Crippen LogP contribution is -2.06. The number of rotatable bonds is 3. The van der Waals surface area contributed by atoms with Gasteiger partial charge in [0.1, 0.15) is 6.07 Å². The Labute approximate surface area is 176 Å². The predicted octanol–water partition coefficient (Wildman–Crippen LogP) is 5.94. The Morgan fingerprint density at radius 1 is 1.23 bits per heavy atom. The number of benzene rings is 2. The van der Waals surface area contributed by atoms with E-state index >= 15 is 0 Å². The van der Waals surface area contributed by atoms with E-state index in [1.807, 2.05) is 6.07 Å². The first-order valence-electron chi connectivity index (χ1n) is 8.41. The topological polar surface area (TPSA) is 72.0 Å². The van der Waals surface area contributed by atoms with Crippen LogP contribution in [0.2, 0.25) is 0 Å². The van der Waals surface area contributed by atoms with Crippen LogP contribution in [-0.4, -0.2) is 14.7 Å². The van der Waals surface area contributed by atoms with Crippen LogP contribution in [-0.2, 0) is 12.7 Å². The number of fused-ring (bicyclic) bond motifs is 1. The van der Waals surface area contributed by atoms with Gasteiger partial charge in [0.25, 0.3) is 5.89 Å². The van der Waals surface area contributed by atoms with Gasteiger partial charge >= 0.3 is 6.18 Å². The molecule has 0 radical (unpaired) electrons. The van der Waals surface area contributed by atoms with Gasteiger partial charge in [0.2, 0.25) is 0 Å². The molecule has 0 unspecified atom stereocenters. The molecule has 148 valence electrons. The molecule has 4 aromatic rings. The Balaban J connectivity index is 1.69. The highest BCUT2D eigenvalue weighted by Crippen LogP contribution is 2.41. The number of alkyl halides is 3. The molecule has 30 heavy (non-hydrogen) atoms. The first-order chi connectivity index (χ1) is 14.3. The van der Waals surface area contributed by atoms with E-state index in [0.29, 0.717) is 21.1 Å². The summed E-state index contributed by atoms with van der Waals surface area (Å²) in [6, 6.07) is 10.9. The minimum Gasteiger partial charge on any atom is -0.340 e. The van der Waals surface area contributed by atoms with Crippen LogP contribution in [0.4, 0.5) is 18.9 Å². The maximum Gasteiger partial charge on any atom is 0.408 e. The lowest BCUT2D eigenvalue weighted by molar-refractivity contribution is -0.135. The van der Waals surface area contributed by atoms with Crippen molar-refractivity contribution in [1.29, 1.82) is 5.26 Å². The molecule has 0 atom stereocenters. The monoisotopic (exact) mass is 471 g/mol. The van der Waals surface area contributed by atoms with Gasteiger partial charge in [-0.2, -0.15) is 23.4 Å². The Morgan fingerprint density at radius 2 is 2.03 bits per heavy atom. The van der Waals surface area contributed by atoms with Crippen LogP contribution in [0.15, 0.2) is 51.6 Å². The summed E-state index contributed by atoms with van der Waals surface area (Å²) in [4.78, 5) is 7.28. The standard InChI is InChI=1S/C20H9BrF3N5O/c1-26-15-4-5-16-13(18(15)20(22,23)24)6-7-29(16)10-17-27-19(30-28-17)11-2-3-12(9-25)14(21)8-11/h2-8H,10H2. The third-order valence-electron chi connectivity index (χ3n) is 4.45. The molecule has 0 spiro atoms. The zero-order valence-electron chi connectivity index (χ0n) is 14.9. The largest absolute Gasteiger partial charge is 0.408 e. The van der Waals surface area contributed by atoms with E-state index in [1.54, 1.807) is 22.8 Å². The summed E-state index contributed by atoms with van der Waals surface area (Å²) in [7, 11) is 0. The fourth-order valence-corrected chi connectivity index (χ4v) is 3.58. The van der Waals surface area contributed by atoms with Crippen LogP contribution < -0.4 is 0 Å². The minimum absolute atomic E-state index is 0.0595. The third kappa shape index (κ3) is 3.42. The molecule has 0 aliphatic heterocycles. The summed E-state index contributed by atoms with van der Waals surface area (Å²) in [5.41, 5.74) is -0.0391. The lowest BCUT2D eigenvalue weighted by Gasteiger charge is -2.11. The zero-order valence-corrected chi connectivity index (χ0v) is 16.5. The number of hydrogen-bond donors (Lipinski definition) is 0. The van der Waals surface area contributed by atoms with Crippen molar-refractivity contribution in [3.63, 3.8) is 0 Å². The Morgan fingerprint density at radius 3 is 2.70 bits per heavy atom. The molecule has 10 heteroatoms. The van der Waals surface area contributed by atoms with Gasteiger partial charge in [0, 0.05) is 27.1 Å². The van der Waals surface area contributed by atoms with E-state index in [4.69, 9.17) is 16.4 Å². The van der Waals surface area contributed by atoms with E-state index in [1.165, 1.54) is 18.3 Å². The summed E-state index contributed by atoms with van der Waals surface area (Å²) in [6.45, 7) is 7.10. The summed E-state index contributed by atoms with van der Waals surface area (Å²) in [5, 5.41) is 12.8. The van der Waals surface area contributed by atoms with Gasteiger partial charge in [-0.3, -0.25) is 0 Å². The van der Waals surface area contributed by atoms with Gasteiger partial charge < -0.3 is 9.09 Å². The lowest BCUT2D eigenvalue weighted by atomic mass is 10.1. The number of aromatic nitrogens is 3. The van der Waals surface area contributed by atoms with Crippen molar-refractivity contribution >= 4 is 32.5 Å². The molecule has 0 aliphatic carbocycles. The van der Waals surface area contributed by atoms with Gasteiger partial charge in [0.15, 0.2) is 11.5 Å². The number of nitrogens with zero attached hydrogens (tertiary/aromatic N) is 5. The van der Waals surface area contributed by atoms with E-state index in [9.17, 15) is 13.2 Å². The molecule has 0 saturated heterocycles. The molecule has 2 aromatic heterocycles. The number of hydrogen-bond acceptors (Lipinski definition) is 4. The molecule has 4 rings (SSSR count). The van der Waals surface area contributed by atoms with Gasteiger partial charge in [-0.05, 0) is 46.3 Å². The van der Waals surface area contributed by atoms with Crippen LogP contribution in [0, 0.1) is 17.9 Å². The van der Waals surface area contributed by atoms with Crippen LogP contribution in [0.5, 0.6) is 0 Å². The maximum atomic E-state index is 13.5. The normalized spacial score (nSPS) is 11.4. The summed E-state index contributed by atoms with van der Waals surface area (Å²) in [6.07, 6.45) is -3.16. The van der Waals surface area contributed by atoms with Gasteiger partial charge in [-0.25, -0.2) is 4.85 Å². The van der Waals surface area contributed by atoms with E-state index in [0.717, 1.165) is 6.07 Å². The van der Waals surface area contributed by atoms with Crippen LogP contribution in [0.25, 0.3) is 27.2 Å². The molecular weight excluding hydrogens is 463 g/mol. The Bertz CT molecular complexity index is 1360. The molecule has 0 fully saturated rings. The molecular formula is C20H9BrF3N5O. The SMILES string of the molecule is [C-]#[N+]c1ccc2c(ccn2Cc2noc(-c3ccc(C#N)c(Br)c3)n2)c1C(F)(F)F. The highest BCUT2D eigenvalue weighted by atomic mass is 79.9. The molecule has 2 aromatic carbocycles.